The van der Waals surface area contributed by atoms with Crippen molar-refractivity contribution in [1.82, 2.24) is 15.1 Å². The molecule has 2 heterocycles. The van der Waals surface area contributed by atoms with E-state index in [-0.39, 0.29) is 18.1 Å². The zero-order valence-electron chi connectivity index (χ0n) is 14.5. The molecule has 0 N–H and O–H groups in total. The van der Waals surface area contributed by atoms with E-state index in [1.54, 1.807) is 29.3 Å². The summed E-state index contributed by atoms with van der Waals surface area (Å²) >= 11 is 0. The summed E-state index contributed by atoms with van der Waals surface area (Å²) in [6.45, 7) is 2.57. The molecule has 0 unspecified atom stereocenters. The summed E-state index contributed by atoms with van der Waals surface area (Å²) in [6, 6.07) is 8.41. The number of anilines is 2. The van der Waals surface area contributed by atoms with Gasteiger partial charge in [-0.2, -0.15) is 5.10 Å². The minimum Gasteiger partial charge on any atom is -0.376 e. The fourth-order valence-corrected chi connectivity index (χ4v) is 2.85. The molecule has 7 heteroatoms. The van der Waals surface area contributed by atoms with Gasteiger partial charge < -0.3 is 14.7 Å². The van der Waals surface area contributed by atoms with Gasteiger partial charge in [-0.25, -0.2) is 4.39 Å². The highest BCUT2D eigenvalue weighted by atomic mass is 19.1. The van der Waals surface area contributed by atoms with Crippen molar-refractivity contribution in [3.63, 3.8) is 0 Å². The van der Waals surface area contributed by atoms with E-state index in [4.69, 9.17) is 0 Å². The number of rotatable bonds is 4. The van der Waals surface area contributed by atoms with Crippen LogP contribution < -0.4 is 9.80 Å². The standard InChI is InChI=1S/C18H22FN5O/c1-22(2)15-12-17(21-20-13-15)23-7-9-24(10-8-23)18(25)11-14-5-3-4-6-16(14)19/h3-6,12-13H,7-11H2,1-2H3. The third kappa shape index (κ3) is 4.04. The van der Waals surface area contributed by atoms with E-state index < -0.39 is 0 Å². The fourth-order valence-electron chi connectivity index (χ4n) is 2.85. The number of benzene rings is 1. The van der Waals surface area contributed by atoms with Crippen molar-refractivity contribution in [2.24, 2.45) is 0 Å². The molecule has 1 saturated heterocycles. The number of hydrogen-bond acceptors (Lipinski definition) is 5. The molecule has 1 aliphatic heterocycles. The summed E-state index contributed by atoms with van der Waals surface area (Å²) in [5.74, 6) is 0.440. The van der Waals surface area contributed by atoms with Crippen molar-refractivity contribution in [3.05, 3.63) is 47.9 Å². The van der Waals surface area contributed by atoms with Crippen molar-refractivity contribution in [3.8, 4) is 0 Å². The topological polar surface area (TPSA) is 52.6 Å². The smallest absolute Gasteiger partial charge is 0.227 e. The molecule has 1 fully saturated rings. The first-order valence-electron chi connectivity index (χ1n) is 8.31. The monoisotopic (exact) mass is 343 g/mol. The van der Waals surface area contributed by atoms with E-state index in [1.807, 2.05) is 25.1 Å². The molecule has 25 heavy (non-hydrogen) atoms. The van der Waals surface area contributed by atoms with Crippen LogP contribution in [0.25, 0.3) is 0 Å². The van der Waals surface area contributed by atoms with Crippen LogP contribution in [-0.2, 0) is 11.2 Å². The average Bonchev–Trinajstić information content (AvgIpc) is 2.64. The van der Waals surface area contributed by atoms with Gasteiger partial charge in [0.05, 0.1) is 18.3 Å². The number of carbonyl (C=O) groups excluding carboxylic acids is 1. The van der Waals surface area contributed by atoms with Gasteiger partial charge in [-0.3, -0.25) is 4.79 Å². The van der Waals surface area contributed by atoms with Gasteiger partial charge in [0.1, 0.15) is 5.82 Å². The van der Waals surface area contributed by atoms with Gasteiger partial charge in [-0.15, -0.1) is 5.10 Å². The van der Waals surface area contributed by atoms with Gasteiger partial charge in [0.25, 0.3) is 0 Å². The molecule has 6 nitrogen and oxygen atoms in total. The Morgan fingerprint density at radius 1 is 1.20 bits per heavy atom. The molecule has 1 aromatic heterocycles. The Hall–Kier alpha value is -2.70. The second-order valence-electron chi connectivity index (χ2n) is 6.30. The van der Waals surface area contributed by atoms with Gasteiger partial charge in [0.15, 0.2) is 5.82 Å². The lowest BCUT2D eigenvalue weighted by atomic mass is 10.1. The van der Waals surface area contributed by atoms with Crippen LogP contribution >= 0.6 is 0 Å². The molecule has 0 radical (unpaired) electrons. The van der Waals surface area contributed by atoms with Crippen molar-refractivity contribution in [1.29, 1.82) is 0 Å². The lowest BCUT2D eigenvalue weighted by molar-refractivity contribution is -0.130. The maximum Gasteiger partial charge on any atom is 0.227 e. The molecule has 1 aliphatic rings. The summed E-state index contributed by atoms with van der Waals surface area (Å²) < 4.78 is 13.7. The van der Waals surface area contributed by atoms with Crippen LogP contribution in [0.2, 0.25) is 0 Å². The number of carbonyl (C=O) groups is 1. The summed E-state index contributed by atoms with van der Waals surface area (Å²) in [7, 11) is 3.92. The quantitative estimate of drug-likeness (QED) is 0.844. The Balaban J connectivity index is 1.59. The molecule has 132 valence electrons. The Bertz CT molecular complexity index is 744. The van der Waals surface area contributed by atoms with Gasteiger partial charge in [-0.1, -0.05) is 18.2 Å². The summed E-state index contributed by atoms with van der Waals surface area (Å²) in [5, 5.41) is 8.24. The zero-order chi connectivity index (χ0) is 17.8. The molecule has 1 aromatic carbocycles. The second-order valence-corrected chi connectivity index (χ2v) is 6.30. The van der Waals surface area contributed by atoms with E-state index >= 15 is 0 Å². The van der Waals surface area contributed by atoms with Gasteiger partial charge in [-0.05, 0) is 11.6 Å². The Morgan fingerprint density at radius 2 is 1.92 bits per heavy atom. The van der Waals surface area contributed by atoms with E-state index in [0.29, 0.717) is 31.7 Å². The minimum absolute atomic E-state index is 0.0436. The highest BCUT2D eigenvalue weighted by Crippen LogP contribution is 2.19. The predicted octanol–water partition coefficient (Wildman–Crippen LogP) is 1.57. The number of aromatic nitrogens is 2. The molecule has 0 saturated carbocycles. The van der Waals surface area contributed by atoms with Crippen molar-refractivity contribution in [2.45, 2.75) is 6.42 Å². The molecule has 0 aliphatic carbocycles. The van der Waals surface area contributed by atoms with Crippen LogP contribution in [0.4, 0.5) is 15.9 Å². The summed E-state index contributed by atoms with van der Waals surface area (Å²) in [5.41, 5.74) is 1.43. The van der Waals surface area contributed by atoms with E-state index in [1.165, 1.54) is 6.07 Å². The van der Waals surface area contributed by atoms with Crippen molar-refractivity contribution < 1.29 is 9.18 Å². The van der Waals surface area contributed by atoms with E-state index in [2.05, 4.69) is 15.1 Å². The third-order valence-electron chi connectivity index (χ3n) is 4.40. The largest absolute Gasteiger partial charge is 0.376 e. The molecule has 0 spiro atoms. The SMILES string of the molecule is CN(C)c1cnnc(N2CCN(C(=O)Cc3ccccc3F)CC2)c1. The van der Waals surface area contributed by atoms with Crippen LogP contribution in [0.1, 0.15) is 5.56 Å². The van der Waals surface area contributed by atoms with Crippen molar-refractivity contribution >= 4 is 17.4 Å². The fraction of sp³-hybridized carbons (Fsp3) is 0.389. The first-order valence-corrected chi connectivity index (χ1v) is 8.31. The van der Waals surface area contributed by atoms with Gasteiger partial charge in [0, 0.05) is 46.3 Å². The maximum absolute atomic E-state index is 13.7. The van der Waals surface area contributed by atoms with Crippen LogP contribution in [-0.4, -0.2) is 61.3 Å². The maximum atomic E-state index is 13.7. The molecular weight excluding hydrogens is 321 g/mol. The van der Waals surface area contributed by atoms with Crippen LogP contribution in [0.3, 0.4) is 0 Å². The highest BCUT2D eigenvalue weighted by molar-refractivity contribution is 5.79. The van der Waals surface area contributed by atoms with Gasteiger partial charge >= 0.3 is 0 Å². The normalized spacial score (nSPS) is 14.5. The molecule has 2 aromatic rings. The Kier molecular flexibility index (Phi) is 5.11. The minimum atomic E-state index is -0.328. The molecule has 1 amide bonds. The summed E-state index contributed by atoms with van der Waals surface area (Å²) in [4.78, 5) is 18.3. The van der Waals surface area contributed by atoms with Crippen LogP contribution in [0.15, 0.2) is 36.5 Å². The molecule has 0 atom stereocenters. The molecular formula is C18H22FN5O. The van der Waals surface area contributed by atoms with E-state index in [0.717, 1.165) is 11.5 Å². The molecule has 3 rings (SSSR count). The Morgan fingerprint density at radius 3 is 2.60 bits per heavy atom. The van der Waals surface area contributed by atoms with Crippen LogP contribution in [0.5, 0.6) is 0 Å². The predicted molar refractivity (Wildman–Crippen MR) is 95.3 cm³/mol. The lowest BCUT2D eigenvalue weighted by Gasteiger charge is -2.35. The third-order valence-corrected chi connectivity index (χ3v) is 4.40. The number of piperazine rings is 1. The van der Waals surface area contributed by atoms with E-state index in [9.17, 15) is 9.18 Å². The first kappa shape index (κ1) is 17.1. The highest BCUT2D eigenvalue weighted by Gasteiger charge is 2.23. The first-order chi connectivity index (χ1) is 12.0. The van der Waals surface area contributed by atoms with Gasteiger partial charge in [0.2, 0.25) is 5.91 Å². The number of halogens is 1. The number of nitrogens with zero attached hydrogens (tertiary/aromatic N) is 5. The average molecular weight is 343 g/mol. The molecule has 0 bridgehead atoms. The zero-order valence-corrected chi connectivity index (χ0v) is 14.5. The van der Waals surface area contributed by atoms with Crippen LogP contribution in [0, 0.1) is 5.82 Å². The number of hydrogen-bond donors (Lipinski definition) is 0. The second kappa shape index (κ2) is 7.46. The Labute approximate surface area is 146 Å². The van der Waals surface area contributed by atoms with Crippen molar-refractivity contribution in [2.75, 3.05) is 50.1 Å². The number of amides is 1. The lowest BCUT2D eigenvalue weighted by Crippen LogP contribution is -2.49. The summed E-state index contributed by atoms with van der Waals surface area (Å²) in [6.07, 6.45) is 1.82.